The lowest BCUT2D eigenvalue weighted by molar-refractivity contribution is 0.0584. The van der Waals surface area contributed by atoms with E-state index in [1.165, 1.54) is 12.1 Å². The summed E-state index contributed by atoms with van der Waals surface area (Å²) >= 11 is 0. The molecule has 0 aliphatic carbocycles. The summed E-state index contributed by atoms with van der Waals surface area (Å²) in [6.45, 7) is 1.26. The highest BCUT2D eigenvalue weighted by Crippen LogP contribution is 2.25. The molecule has 1 aliphatic heterocycles. The van der Waals surface area contributed by atoms with Crippen molar-refractivity contribution in [2.45, 2.75) is 25.4 Å². The second-order valence-corrected chi connectivity index (χ2v) is 11.7. The molecule has 0 unspecified atom stereocenters. The minimum Gasteiger partial charge on any atom is -0.474 e. The summed E-state index contributed by atoms with van der Waals surface area (Å²) in [7, 11) is 7.99. The van der Waals surface area contributed by atoms with E-state index in [1.807, 2.05) is 69.5 Å². The lowest BCUT2D eigenvalue weighted by atomic mass is 10.0. The van der Waals surface area contributed by atoms with Crippen LogP contribution in [0.2, 0.25) is 0 Å². The molecule has 5 rings (SSSR count). The van der Waals surface area contributed by atoms with Crippen molar-refractivity contribution in [2.24, 2.45) is 0 Å². The van der Waals surface area contributed by atoms with E-state index in [-0.39, 0.29) is 23.1 Å². The molecule has 0 radical (unpaired) electrons. The Labute approximate surface area is 264 Å². The molecule has 2 heterocycles. The topological polar surface area (TPSA) is 78.0 Å². The molecule has 45 heavy (non-hydrogen) atoms. The van der Waals surface area contributed by atoms with E-state index in [0.717, 1.165) is 34.1 Å². The molecular weight excluding hydrogens is 569 g/mol. The number of hydrogen-bond donors (Lipinski definition) is 1. The Hall–Kier alpha value is -4.92. The summed E-state index contributed by atoms with van der Waals surface area (Å²) < 4.78 is 20.4. The number of nitrogens with one attached hydrogen (secondary N) is 1. The van der Waals surface area contributed by atoms with Gasteiger partial charge in [0.1, 0.15) is 11.9 Å². The lowest BCUT2D eigenvalue weighted by Gasteiger charge is -2.32. The molecule has 0 spiro atoms. The number of nitrogens with zero attached hydrogens (tertiary/aromatic N) is 4. The van der Waals surface area contributed by atoms with Crippen LogP contribution in [-0.4, -0.2) is 75.6 Å². The van der Waals surface area contributed by atoms with Gasteiger partial charge in [0.15, 0.2) is 0 Å². The van der Waals surface area contributed by atoms with E-state index in [0.29, 0.717) is 44.8 Å². The first-order valence-corrected chi connectivity index (χ1v) is 15.2. The number of carbonyl (C=O) groups is 2. The Balaban J connectivity index is 1.14. The predicted octanol–water partition coefficient (Wildman–Crippen LogP) is 5.68. The molecule has 4 aromatic rings. The van der Waals surface area contributed by atoms with E-state index < -0.39 is 11.7 Å². The van der Waals surface area contributed by atoms with Crippen molar-refractivity contribution >= 4 is 23.2 Å². The number of hydrogen-bond acceptors (Lipinski definition) is 6. The molecule has 3 aromatic carbocycles. The number of benzene rings is 3. The number of anilines is 2. The van der Waals surface area contributed by atoms with Crippen LogP contribution in [0, 0.1) is 5.82 Å². The Kier molecular flexibility index (Phi) is 9.97. The molecule has 8 nitrogen and oxygen atoms in total. The Bertz CT molecular complexity index is 1600. The number of aromatic nitrogens is 1. The van der Waals surface area contributed by atoms with Gasteiger partial charge in [0.25, 0.3) is 11.8 Å². The van der Waals surface area contributed by atoms with E-state index in [9.17, 15) is 14.0 Å². The maximum absolute atomic E-state index is 14.3. The molecule has 1 saturated heterocycles. The SMILES string of the molecule is CN(C)c1ccc(CCNC(=O)c2ccc(F)cc2C(=O)N2CCC(Oc3ccc(-c4ccc(N(C)C)cc4)cn3)CC2)cc1. The van der Waals surface area contributed by atoms with Crippen molar-refractivity contribution in [3.63, 3.8) is 0 Å². The second kappa shape index (κ2) is 14.2. The van der Waals surface area contributed by atoms with E-state index in [4.69, 9.17) is 4.74 Å². The third kappa shape index (κ3) is 7.98. The van der Waals surface area contributed by atoms with Gasteiger partial charge in [0, 0.05) is 89.9 Å². The fraction of sp³-hybridized carbons (Fsp3) is 0.306. The minimum atomic E-state index is -0.558. The van der Waals surface area contributed by atoms with Gasteiger partial charge in [0.05, 0.1) is 11.1 Å². The van der Waals surface area contributed by atoms with Gasteiger partial charge >= 0.3 is 0 Å². The van der Waals surface area contributed by atoms with Crippen LogP contribution in [0.3, 0.4) is 0 Å². The zero-order valence-corrected chi connectivity index (χ0v) is 26.3. The van der Waals surface area contributed by atoms with Gasteiger partial charge in [-0.05, 0) is 66.1 Å². The maximum atomic E-state index is 14.3. The van der Waals surface area contributed by atoms with Gasteiger partial charge in [-0.1, -0.05) is 24.3 Å². The number of piperidine rings is 1. The average molecular weight is 610 g/mol. The van der Waals surface area contributed by atoms with Crippen molar-refractivity contribution in [1.82, 2.24) is 15.2 Å². The monoisotopic (exact) mass is 609 g/mol. The van der Waals surface area contributed by atoms with Crippen LogP contribution < -0.4 is 19.9 Å². The predicted molar refractivity (Wildman–Crippen MR) is 177 cm³/mol. The number of ether oxygens (including phenoxy) is 1. The fourth-order valence-electron chi connectivity index (χ4n) is 5.36. The van der Waals surface area contributed by atoms with E-state index in [1.54, 1.807) is 11.1 Å². The van der Waals surface area contributed by atoms with Crippen LogP contribution in [0.15, 0.2) is 85.1 Å². The first-order chi connectivity index (χ1) is 21.7. The largest absolute Gasteiger partial charge is 0.474 e. The summed E-state index contributed by atoms with van der Waals surface area (Å²) in [5.74, 6) is -0.784. The summed E-state index contributed by atoms with van der Waals surface area (Å²) in [6.07, 6.45) is 3.54. The van der Waals surface area contributed by atoms with Crippen molar-refractivity contribution in [2.75, 3.05) is 57.6 Å². The zero-order chi connectivity index (χ0) is 31.9. The third-order valence-electron chi connectivity index (χ3n) is 8.08. The van der Waals surface area contributed by atoms with Crippen molar-refractivity contribution in [3.05, 3.63) is 108 Å². The molecule has 0 saturated carbocycles. The molecule has 0 bridgehead atoms. The number of amides is 2. The number of carbonyl (C=O) groups excluding carboxylic acids is 2. The first-order valence-electron chi connectivity index (χ1n) is 15.2. The van der Waals surface area contributed by atoms with Crippen molar-refractivity contribution in [1.29, 1.82) is 0 Å². The molecule has 1 aliphatic rings. The normalized spacial score (nSPS) is 13.3. The highest BCUT2D eigenvalue weighted by atomic mass is 19.1. The van der Waals surface area contributed by atoms with Crippen LogP contribution in [0.4, 0.5) is 15.8 Å². The number of rotatable bonds is 10. The summed E-state index contributed by atoms with van der Waals surface area (Å²) in [4.78, 5) is 36.8. The highest BCUT2D eigenvalue weighted by Gasteiger charge is 2.28. The molecule has 0 atom stereocenters. The summed E-state index contributed by atoms with van der Waals surface area (Å²) in [5.41, 5.74) is 5.63. The molecule has 1 aromatic heterocycles. The summed E-state index contributed by atoms with van der Waals surface area (Å²) in [6, 6.07) is 24.0. The van der Waals surface area contributed by atoms with E-state index in [2.05, 4.69) is 39.5 Å². The van der Waals surface area contributed by atoms with Gasteiger partial charge in [-0.3, -0.25) is 9.59 Å². The quantitative estimate of drug-likeness (QED) is 0.250. The number of halogens is 1. The highest BCUT2D eigenvalue weighted by molar-refractivity contribution is 6.07. The first kappa shape index (κ1) is 31.5. The van der Waals surface area contributed by atoms with Crippen molar-refractivity contribution < 1.29 is 18.7 Å². The Morgan fingerprint density at radius 3 is 2.07 bits per heavy atom. The molecule has 9 heteroatoms. The van der Waals surface area contributed by atoms with Crippen LogP contribution in [0.1, 0.15) is 39.1 Å². The van der Waals surface area contributed by atoms with Gasteiger partial charge in [-0.2, -0.15) is 0 Å². The fourth-order valence-corrected chi connectivity index (χ4v) is 5.36. The summed E-state index contributed by atoms with van der Waals surface area (Å²) in [5, 5.41) is 2.89. The van der Waals surface area contributed by atoms with Gasteiger partial charge in [0.2, 0.25) is 5.88 Å². The van der Waals surface area contributed by atoms with Gasteiger partial charge in [-0.25, -0.2) is 9.37 Å². The van der Waals surface area contributed by atoms with Crippen LogP contribution in [0.5, 0.6) is 5.88 Å². The van der Waals surface area contributed by atoms with Gasteiger partial charge in [-0.15, -0.1) is 0 Å². The van der Waals surface area contributed by atoms with Crippen LogP contribution in [0.25, 0.3) is 11.1 Å². The Morgan fingerprint density at radius 2 is 1.47 bits per heavy atom. The number of likely N-dealkylation sites (tertiary alicyclic amines) is 1. The maximum Gasteiger partial charge on any atom is 0.254 e. The third-order valence-corrected chi connectivity index (χ3v) is 8.08. The molecule has 2 amide bonds. The smallest absolute Gasteiger partial charge is 0.254 e. The Morgan fingerprint density at radius 1 is 0.844 bits per heavy atom. The standard InChI is InChI=1S/C36H40FN5O3/c1-40(2)29-11-5-25(6-12-29)17-20-38-35(43)32-15-10-28(37)23-33(32)36(44)42-21-18-31(19-22-42)45-34-16-9-27(24-39-34)26-7-13-30(14-8-26)41(3)4/h5-16,23-24,31H,17-22H2,1-4H3,(H,38,43). The molecule has 1 N–H and O–H groups in total. The second-order valence-electron chi connectivity index (χ2n) is 11.7. The molecular formula is C36H40FN5O3. The van der Waals surface area contributed by atoms with Crippen molar-refractivity contribution in [3.8, 4) is 17.0 Å². The number of pyridine rings is 1. The van der Waals surface area contributed by atoms with E-state index >= 15 is 0 Å². The molecule has 234 valence electrons. The average Bonchev–Trinajstić information content (AvgIpc) is 3.05. The van der Waals surface area contributed by atoms with Gasteiger partial charge < -0.3 is 24.8 Å². The minimum absolute atomic E-state index is 0.0677. The van der Waals surface area contributed by atoms with Crippen LogP contribution >= 0.6 is 0 Å². The lowest BCUT2D eigenvalue weighted by Crippen LogP contribution is -2.42. The zero-order valence-electron chi connectivity index (χ0n) is 26.3. The van der Waals surface area contributed by atoms with Crippen LogP contribution in [-0.2, 0) is 6.42 Å². The molecule has 1 fully saturated rings.